The molecule has 3 rings (SSSR count). The predicted octanol–water partition coefficient (Wildman–Crippen LogP) is 5.65. The van der Waals surface area contributed by atoms with E-state index in [1.54, 1.807) is 0 Å². The number of allylic oxidation sites excluding steroid dienone is 1. The van der Waals surface area contributed by atoms with E-state index in [9.17, 15) is 0 Å². The van der Waals surface area contributed by atoms with Crippen molar-refractivity contribution in [1.29, 1.82) is 0 Å². The van der Waals surface area contributed by atoms with E-state index in [2.05, 4.69) is 62.0 Å². The van der Waals surface area contributed by atoms with Gasteiger partial charge >= 0.3 is 0 Å². The van der Waals surface area contributed by atoms with Crippen molar-refractivity contribution in [1.82, 2.24) is 0 Å². The summed E-state index contributed by atoms with van der Waals surface area (Å²) < 4.78 is 0. The Morgan fingerprint density at radius 3 is 2.26 bits per heavy atom. The zero-order valence-electron chi connectivity index (χ0n) is 11.5. The highest BCUT2D eigenvalue weighted by Gasteiger charge is 2.26. The zero-order chi connectivity index (χ0) is 13.2. The van der Waals surface area contributed by atoms with Gasteiger partial charge in [0.25, 0.3) is 0 Å². The molecule has 19 heavy (non-hydrogen) atoms. The molecular formula is C19H20. The van der Waals surface area contributed by atoms with Crippen LogP contribution in [0.15, 0.2) is 55.1 Å². The Balaban J connectivity index is 2.15. The van der Waals surface area contributed by atoms with Crippen LogP contribution in [0.5, 0.6) is 0 Å². The molecule has 0 heterocycles. The van der Waals surface area contributed by atoms with Crippen molar-refractivity contribution in [3.8, 4) is 11.1 Å². The molecule has 0 spiro atoms. The van der Waals surface area contributed by atoms with Gasteiger partial charge in [-0.25, -0.2) is 0 Å². The normalized spacial score (nSPS) is 16.9. The van der Waals surface area contributed by atoms with Gasteiger partial charge in [0, 0.05) is 5.92 Å². The van der Waals surface area contributed by atoms with Crippen molar-refractivity contribution in [3.05, 3.63) is 66.2 Å². The molecule has 0 heteroatoms. The Morgan fingerprint density at radius 2 is 1.53 bits per heavy atom. The van der Waals surface area contributed by atoms with Gasteiger partial charge in [-0.1, -0.05) is 74.9 Å². The minimum Gasteiger partial charge on any atom is -0.0946 e. The van der Waals surface area contributed by atoms with E-state index in [1.807, 2.05) is 0 Å². The number of unbranched alkanes of at least 4 members (excludes halogenated alkanes) is 1. The quantitative estimate of drug-likeness (QED) is 0.658. The van der Waals surface area contributed by atoms with Gasteiger partial charge in [0.1, 0.15) is 0 Å². The summed E-state index contributed by atoms with van der Waals surface area (Å²) in [6, 6.07) is 17.5. The molecule has 2 aromatic rings. The first-order chi connectivity index (χ1) is 9.33. The fraction of sp³-hybridized carbons (Fsp3) is 0.263. The molecule has 0 saturated heterocycles. The maximum absolute atomic E-state index is 4.39. The fourth-order valence-corrected chi connectivity index (χ4v) is 3.16. The highest BCUT2D eigenvalue weighted by Crippen LogP contribution is 2.47. The first kappa shape index (κ1) is 12.2. The Kier molecular flexibility index (Phi) is 3.25. The van der Waals surface area contributed by atoms with Crippen LogP contribution in [0.3, 0.4) is 0 Å². The highest BCUT2D eigenvalue weighted by molar-refractivity contribution is 5.89. The molecule has 0 bridgehead atoms. The number of benzene rings is 2. The minimum absolute atomic E-state index is 0.492. The van der Waals surface area contributed by atoms with Gasteiger partial charge in [0.05, 0.1) is 0 Å². The number of hydrogen-bond donors (Lipinski definition) is 0. The van der Waals surface area contributed by atoms with Crippen molar-refractivity contribution in [2.45, 2.75) is 32.1 Å². The first-order valence-electron chi connectivity index (χ1n) is 7.20. The summed E-state index contributed by atoms with van der Waals surface area (Å²) in [5.41, 5.74) is 6.83. The molecule has 0 amide bonds. The predicted molar refractivity (Wildman–Crippen MR) is 83.2 cm³/mol. The lowest BCUT2D eigenvalue weighted by Crippen LogP contribution is -2.09. The third-order valence-electron chi connectivity index (χ3n) is 4.17. The number of rotatable bonds is 3. The van der Waals surface area contributed by atoms with Crippen LogP contribution in [-0.4, -0.2) is 0 Å². The van der Waals surface area contributed by atoms with E-state index in [1.165, 1.54) is 47.1 Å². The SMILES string of the molecule is C=C1c2ccccc2-c2ccccc2C1CCCC. The van der Waals surface area contributed by atoms with Crippen LogP contribution in [-0.2, 0) is 0 Å². The summed E-state index contributed by atoms with van der Waals surface area (Å²) in [5.74, 6) is 0.492. The van der Waals surface area contributed by atoms with Crippen LogP contribution in [0.25, 0.3) is 16.7 Å². The van der Waals surface area contributed by atoms with E-state index < -0.39 is 0 Å². The molecule has 0 N–H and O–H groups in total. The van der Waals surface area contributed by atoms with Crippen LogP contribution in [0.4, 0.5) is 0 Å². The van der Waals surface area contributed by atoms with Gasteiger partial charge in [0.15, 0.2) is 0 Å². The van der Waals surface area contributed by atoms with E-state index in [0.717, 1.165) is 0 Å². The van der Waals surface area contributed by atoms with Crippen LogP contribution in [0, 0.1) is 0 Å². The van der Waals surface area contributed by atoms with Crippen LogP contribution >= 0.6 is 0 Å². The Bertz CT molecular complexity index is 607. The number of fused-ring (bicyclic) bond motifs is 3. The third-order valence-corrected chi connectivity index (χ3v) is 4.17. The van der Waals surface area contributed by atoms with Crippen molar-refractivity contribution in [2.75, 3.05) is 0 Å². The fourth-order valence-electron chi connectivity index (χ4n) is 3.16. The smallest absolute Gasteiger partial charge is 0.00957 e. The maximum atomic E-state index is 4.39. The lowest BCUT2D eigenvalue weighted by atomic mass is 9.74. The van der Waals surface area contributed by atoms with Gasteiger partial charge < -0.3 is 0 Å². The molecule has 1 aliphatic carbocycles. The molecule has 2 aromatic carbocycles. The average molecular weight is 248 g/mol. The Labute approximate surface area is 115 Å². The van der Waals surface area contributed by atoms with Crippen molar-refractivity contribution in [2.24, 2.45) is 0 Å². The second-order valence-corrected chi connectivity index (χ2v) is 5.35. The van der Waals surface area contributed by atoms with E-state index in [-0.39, 0.29) is 0 Å². The molecule has 96 valence electrons. The van der Waals surface area contributed by atoms with E-state index >= 15 is 0 Å². The summed E-state index contributed by atoms with van der Waals surface area (Å²) in [5, 5.41) is 0. The number of hydrogen-bond acceptors (Lipinski definition) is 0. The van der Waals surface area contributed by atoms with Crippen molar-refractivity contribution >= 4 is 5.57 Å². The molecule has 0 fully saturated rings. The van der Waals surface area contributed by atoms with Crippen molar-refractivity contribution in [3.63, 3.8) is 0 Å². The molecule has 1 aliphatic rings. The molecule has 0 radical (unpaired) electrons. The molecule has 0 aromatic heterocycles. The van der Waals surface area contributed by atoms with Gasteiger partial charge in [-0.15, -0.1) is 0 Å². The molecule has 1 unspecified atom stereocenters. The lowest BCUT2D eigenvalue weighted by Gasteiger charge is -2.30. The Hall–Kier alpha value is -1.82. The Morgan fingerprint density at radius 1 is 0.895 bits per heavy atom. The largest absolute Gasteiger partial charge is 0.0946 e. The topological polar surface area (TPSA) is 0 Å². The summed E-state index contributed by atoms with van der Waals surface area (Å²) in [6.45, 7) is 6.64. The van der Waals surface area contributed by atoms with Gasteiger partial charge in [-0.3, -0.25) is 0 Å². The minimum atomic E-state index is 0.492. The summed E-state index contributed by atoms with van der Waals surface area (Å²) >= 11 is 0. The molecular weight excluding hydrogens is 228 g/mol. The first-order valence-corrected chi connectivity index (χ1v) is 7.20. The molecule has 0 nitrogen and oxygen atoms in total. The summed E-state index contributed by atoms with van der Waals surface area (Å²) in [6.07, 6.45) is 3.72. The summed E-state index contributed by atoms with van der Waals surface area (Å²) in [4.78, 5) is 0. The third kappa shape index (κ3) is 2.02. The van der Waals surface area contributed by atoms with Crippen LogP contribution < -0.4 is 0 Å². The van der Waals surface area contributed by atoms with Crippen LogP contribution in [0.2, 0.25) is 0 Å². The molecule has 0 saturated carbocycles. The monoisotopic (exact) mass is 248 g/mol. The van der Waals surface area contributed by atoms with Crippen LogP contribution in [0.1, 0.15) is 43.2 Å². The van der Waals surface area contributed by atoms with E-state index in [4.69, 9.17) is 0 Å². The van der Waals surface area contributed by atoms with E-state index in [0.29, 0.717) is 5.92 Å². The van der Waals surface area contributed by atoms with Gasteiger partial charge in [-0.2, -0.15) is 0 Å². The second kappa shape index (κ2) is 5.05. The van der Waals surface area contributed by atoms with Gasteiger partial charge in [-0.05, 0) is 34.2 Å². The highest BCUT2D eigenvalue weighted by atomic mass is 14.3. The molecule has 0 aliphatic heterocycles. The second-order valence-electron chi connectivity index (χ2n) is 5.35. The zero-order valence-corrected chi connectivity index (χ0v) is 11.5. The molecule has 1 atom stereocenters. The standard InChI is InChI=1S/C19H20/c1-3-4-9-15-14(2)16-10-5-6-11-18(16)19-13-8-7-12-17(15)19/h5-8,10-13,15H,2-4,9H2,1H3. The van der Waals surface area contributed by atoms with Crippen molar-refractivity contribution < 1.29 is 0 Å². The van der Waals surface area contributed by atoms with Gasteiger partial charge in [0.2, 0.25) is 0 Å². The average Bonchev–Trinajstić information content (AvgIpc) is 2.47. The maximum Gasteiger partial charge on any atom is 0.00957 e. The lowest BCUT2D eigenvalue weighted by molar-refractivity contribution is 0.672. The summed E-state index contributed by atoms with van der Waals surface area (Å²) in [7, 11) is 0.